The van der Waals surface area contributed by atoms with Crippen molar-refractivity contribution < 1.29 is 13.8 Å². The molecule has 0 saturated heterocycles. The van der Waals surface area contributed by atoms with Crippen LogP contribution in [0.2, 0.25) is 5.02 Å². The van der Waals surface area contributed by atoms with Crippen molar-refractivity contribution in [3.63, 3.8) is 0 Å². The van der Waals surface area contributed by atoms with Gasteiger partial charge in [0.05, 0.1) is 0 Å². The summed E-state index contributed by atoms with van der Waals surface area (Å²) < 4.78 is 16.3. The first-order valence-electron chi connectivity index (χ1n) is 5.07. The Kier molecular flexibility index (Phi) is 3.73. The minimum atomic E-state index is -3.60. The molecular formula is C10H10ClN4O3P. The second-order valence-corrected chi connectivity index (χ2v) is 5.76. The van der Waals surface area contributed by atoms with Crippen molar-refractivity contribution in [1.82, 2.24) is 10.1 Å². The van der Waals surface area contributed by atoms with Crippen LogP contribution in [-0.4, -0.2) is 10.9 Å². The fraction of sp³-hybridized carbons (Fsp3) is 0. The largest absolute Gasteiger partial charge is 0.437 e. The first-order chi connectivity index (χ1) is 8.83. The number of halogens is 1. The van der Waals surface area contributed by atoms with Crippen LogP contribution in [0.25, 0.3) is 17.2 Å². The lowest BCUT2D eigenvalue weighted by Gasteiger charge is -2.04. The van der Waals surface area contributed by atoms with E-state index < -0.39 is 13.5 Å². The van der Waals surface area contributed by atoms with Gasteiger partial charge >= 0.3 is 7.59 Å². The number of carbonyl (C=O) groups excluding carboxylic acids is 1. The summed E-state index contributed by atoms with van der Waals surface area (Å²) in [6.07, 6.45) is 2.37. The summed E-state index contributed by atoms with van der Waals surface area (Å²) in [7, 11) is -3.60. The Morgan fingerprint density at radius 2 is 2.21 bits per heavy atom. The number of hydrogen-bond donors (Lipinski definition) is 3. The Labute approximate surface area is 113 Å². The highest BCUT2D eigenvalue weighted by molar-refractivity contribution is 7.57. The molecule has 0 saturated carbocycles. The molecule has 0 fully saturated rings. The normalized spacial score (nSPS) is 12.2. The molecule has 1 aromatic carbocycles. The van der Waals surface area contributed by atoms with Crippen LogP contribution >= 0.6 is 19.2 Å². The van der Waals surface area contributed by atoms with Gasteiger partial charge in [-0.3, -0.25) is 25.5 Å². The zero-order valence-corrected chi connectivity index (χ0v) is 11.2. The second-order valence-electron chi connectivity index (χ2n) is 3.68. The molecule has 0 aliphatic rings. The number of carbonyl (C=O) groups is 1. The number of fused-ring (bicyclic) bond motifs is 1. The first-order valence-corrected chi connectivity index (χ1v) is 7.29. The molecule has 0 radical (unpaired) electrons. The van der Waals surface area contributed by atoms with Gasteiger partial charge in [-0.2, -0.15) is 0 Å². The van der Waals surface area contributed by atoms with Crippen molar-refractivity contribution in [1.29, 1.82) is 0 Å². The van der Waals surface area contributed by atoms with Crippen LogP contribution in [0, 0.1) is 0 Å². The topological polar surface area (TPSA) is 124 Å². The van der Waals surface area contributed by atoms with Gasteiger partial charge in [0.1, 0.15) is 5.52 Å². The molecule has 19 heavy (non-hydrogen) atoms. The lowest BCUT2D eigenvalue weighted by molar-refractivity contribution is -0.114. The van der Waals surface area contributed by atoms with Crippen molar-refractivity contribution >= 4 is 42.3 Å². The van der Waals surface area contributed by atoms with Crippen LogP contribution in [0.3, 0.4) is 0 Å². The molecule has 2 rings (SSSR count). The number of nitrogens with zero attached hydrogens (tertiary/aromatic N) is 1. The van der Waals surface area contributed by atoms with E-state index in [9.17, 15) is 9.36 Å². The van der Waals surface area contributed by atoms with Gasteiger partial charge in [-0.05, 0) is 18.2 Å². The van der Waals surface area contributed by atoms with Gasteiger partial charge in [-0.25, -0.2) is 4.98 Å². The molecule has 0 aliphatic heterocycles. The maximum Gasteiger partial charge on any atom is 0.300 e. The molecule has 0 aliphatic carbocycles. The summed E-state index contributed by atoms with van der Waals surface area (Å²) in [4.78, 5) is 15.4. The van der Waals surface area contributed by atoms with Crippen molar-refractivity contribution in [2.75, 3.05) is 0 Å². The van der Waals surface area contributed by atoms with Gasteiger partial charge in [0.15, 0.2) is 5.58 Å². The summed E-state index contributed by atoms with van der Waals surface area (Å²) in [5.41, 5.74) is 11.1. The number of oxazole rings is 1. The lowest BCUT2D eigenvalue weighted by Crippen LogP contribution is -2.26. The van der Waals surface area contributed by atoms with Crippen LogP contribution in [0.4, 0.5) is 0 Å². The van der Waals surface area contributed by atoms with Gasteiger partial charge in [-0.15, -0.1) is 0 Å². The number of hydrogen-bond acceptors (Lipinski definition) is 4. The maximum absolute atomic E-state index is 11.3. The molecular weight excluding hydrogens is 291 g/mol. The average Bonchev–Trinajstić information content (AvgIpc) is 2.66. The van der Waals surface area contributed by atoms with Crippen LogP contribution in [0.5, 0.6) is 0 Å². The van der Waals surface area contributed by atoms with Crippen LogP contribution in [0.1, 0.15) is 5.89 Å². The SMILES string of the molecule is NP(N)(=O)NC(=O)/C=C/c1nc2cc(Cl)ccc2o1. The monoisotopic (exact) mass is 300 g/mol. The van der Waals surface area contributed by atoms with Crippen molar-refractivity contribution in [3.05, 3.63) is 35.2 Å². The quantitative estimate of drug-likeness (QED) is 0.584. The minimum Gasteiger partial charge on any atom is -0.437 e. The number of amides is 1. The summed E-state index contributed by atoms with van der Waals surface area (Å²) in [6.45, 7) is 0. The highest BCUT2D eigenvalue weighted by Gasteiger charge is 2.10. The standard InChI is InChI=1S/C10H10ClN4O3P/c11-6-1-2-8-7(5-6)14-10(18-8)4-3-9(16)15-19(12,13)17/h1-5H,(H5,12,13,15,16,17)/b4-3+. The van der Waals surface area contributed by atoms with Crippen molar-refractivity contribution in [3.8, 4) is 0 Å². The van der Waals surface area contributed by atoms with E-state index in [0.29, 0.717) is 16.1 Å². The van der Waals surface area contributed by atoms with Crippen LogP contribution in [-0.2, 0) is 9.36 Å². The van der Waals surface area contributed by atoms with Gasteiger partial charge in [0, 0.05) is 17.2 Å². The van der Waals surface area contributed by atoms with Crippen molar-refractivity contribution in [2.45, 2.75) is 0 Å². The lowest BCUT2D eigenvalue weighted by atomic mass is 10.3. The van der Waals surface area contributed by atoms with Gasteiger partial charge in [0.2, 0.25) is 5.89 Å². The molecule has 7 nitrogen and oxygen atoms in total. The summed E-state index contributed by atoms with van der Waals surface area (Å²) in [6, 6.07) is 4.95. The third-order valence-corrected chi connectivity index (χ3v) is 2.83. The number of nitrogens with one attached hydrogen (secondary N) is 1. The molecule has 1 amide bonds. The predicted molar refractivity (Wildman–Crippen MR) is 72.2 cm³/mol. The average molecular weight is 301 g/mol. The van der Waals surface area contributed by atoms with E-state index in [0.717, 1.165) is 6.08 Å². The van der Waals surface area contributed by atoms with E-state index in [1.807, 2.05) is 5.09 Å². The van der Waals surface area contributed by atoms with E-state index in [1.165, 1.54) is 6.08 Å². The van der Waals surface area contributed by atoms with Crippen LogP contribution in [0.15, 0.2) is 28.7 Å². The Hall–Kier alpha value is -1.66. The molecule has 0 spiro atoms. The Bertz CT molecular complexity index is 706. The van der Waals surface area contributed by atoms with E-state index in [4.69, 9.17) is 27.0 Å². The molecule has 1 aromatic heterocycles. The Balaban J connectivity index is 2.17. The molecule has 2 aromatic rings. The van der Waals surface area contributed by atoms with E-state index in [1.54, 1.807) is 18.2 Å². The molecule has 1 heterocycles. The number of aromatic nitrogens is 1. The predicted octanol–water partition coefficient (Wildman–Crippen LogP) is 1.64. The fourth-order valence-electron chi connectivity index (χ4n) is 1.35. The zero-order chi connectivity index (χ0) is 14.0. The van der Waals surface area contributed by atoms with Crippen LogP contribution < -0.4 is 16.1 Å². The highest BCUT2D eigenvalue weighted by atomic mass is 35.5. The summed E-state index contributed by atoms with van der Waals surface area (Å²) in [5, 5.41) is 2.46. The van der Waals surface area contributed by atoms with E-state index in [-0.39, 0.29) is 5.89 Å². The van der Waals surface area contributed by atoms with Crippen molar-refractivity contribution in [2.24, 2.45) is 11.0 Å². The third kappa shape index (κ3) is 3.90. The summed E-state index contributed by atoms with van der Waals surface area (Å²) in [5.74, 6) is -0.495. The molecule has 0 unspecified atom stereocenters. The minimum absolute atomic E-state index is 0.205. The number of nitrogens with two attached hydrogens (primary N) is 2. The fourth-order valence-corrected chi connectivity index (χ4v) is 1.93. The Morgan fingerprint density at radius 1 is 1.47 bits per heavy atom. The molecule has 0 atom stereocenters. The first kappa shape index (κ1) is 13.8. The molecule has 0 bridgehead atoms. The van der Waals surface area contributed by atoms with E-state index in [2.05, 4.69) is 4.98 Å². The smallest absolute Gasteiger partial charge is 0.300 e. The molecule has 9 heteroatoms. The van der Waals surface area contributed by atoms with E-state index >= 15 is 0 Å². The third-order valence-electron chi connectivity index (χ3n) is 2.03. The summed E-state index contributed by atoms with van der Waals surface area (Å²) >= 11 is 5.81. The zero-order valence-electron chi connectivity index (χ0n) is 9.54. The highest BCUT2D eigenvalue weighted by Crippen LogP contribution is 2.21. The number of benzene rings is 1. The maximum atomic E-state index is 11.3. The molecule has 5 N–H and O–H groups in total. The second kappa shape index (κ2) is 5.14. The molecule has 100 valence electrons. The Morgan fingerprint density at radius 3 is 2.89 bits per heavy atom. The van der Waals surface area contributed by atoms with Gasteiger partial charge in [-0.1, -0.05) is 11.6 Å². The van der Waals surface area contributed by atoms with Gasteiger partial charge < -0.3 is 4.42 Å². The van der Waals surface area contributed by atoms with Gasteiger partial charge in [0.25, 0.3) is 5.91 Å². The number of rotatable bonds is 3.